The number of aromatic nitrogens is 1. The number of amides is 1. The largest absolute Gasteiger partial charge is 0.434 e. The number of halogens is 3. The Hall–Kier alpha value is -1.96. The zero-order valence-corrected chi connectivity index (χ0v) is 18.1. The number of piperidine rings is 1. The van der Waals surface area contributed by atoms with Gasteiger partial charge >= 0.3 is 12.3 Å². The summed E-state index contributed by atoms with van der Waals surface area (Å²) >= 11 is 0. The predicted molar refractivity (Wildman–Crippen MR) is 106 cm³/mol. The third-order valence-electron chi connectivity index (χ3n) is 5.66. The summed E-state index contributed by atoms with van der Waals surface area (Å²) in [7, 11) is -3.57. The first-order chi connectivity index (χ1) is 15.0. The van der Waals surface area contributed by atoms with Gasteiger partial charge in [-0.05, 0) is 25.0 Å². The lowest BCUT2D eigenvalue weighted by Crippen LogP contribution is -2.59. The van der Waals surface area contributed by atoms with Crippen LogP contribution in [0.25, 0.3) is 0 Å². The Balaban J connectivity index is 1.55. The fourth-order valence-corrected chi connectivity index (χ4v) is 5.27. The van der Waals surface area contributed by atoms with Crippen LogP contribution in [0.4, 0.5) is 18.0 Å². The Kier molecular flexibility index (Phi) is 7.63. The second kappa shape index (κ2) is 9.89. The molecular formula is C19H26F3N3O6S. The van der Waals surface area contributed by atoms with Gasteiger partial charge in [0.05, 0.1) is 24.6 Å². The lowest BCUT2D eigenvalue weighted by Gasteiger charge is -2.46. The van der Waals surface area contributed by atoms with Gasteiger partial charge in [-0.2, -0.15) is 17.5 Å². The second-order valence-electron chi connectivity index (χ2n) is 7.84. The van der Waals surface area contributed by atoms with Crippen LogP contribution in [-0.2, 0) is 25.9 Å². The molecule has 1 aromatic rings. The average Bonchev–Trinajstić information content (AvgIpc) is 2.76. The highest BCUT2D eigenvalue weighted by molar-refractivity contribution is 7.89. The Morgan fingerprint density at radius 1 is 1.28 bits per heavy atom. The Labute approximate surface area is 184 Å². The van der Waals surface area contributed by atoms with E-state index >= 15 is 0 Å². The monoisotopic (exact) mass is 481 g/mol. The summed E-state index contributed by atoms with van der Waals surface area (Å²) in [5.41, 5.74) is -0.140. The topological polar surface area (TPSA) is 109 Å². The molecule has 2 aliphatic heterocycles. The van der Waals surface area contributed by atoms with Crippen LogP contribution in [0.1, 0.15) is 18.5 Å². The number of sulfonamides is 1. The van der Waals surface area contributed by atoms with Crippen molar-refractivity contribution >= 4 is 16.1 Å². The van der Waals surface area contributed by atoms with Crippen molar-refractivity contribution in [3.8, 4) is 0 Å². The minimum absolute atomic E-state index is 0.0522. The van der Waals surface area contributed by atoms with Gasteiger partial charge in [0.2, 0.25) is 16.1 Å². The van der Waals surface area contributed by atoms with Crippen LogP contribution in [0, 0.1) is 0 Å². The summed E-state index contributed by atoms with van der Waals surface area (Å²) in [6, 6.07) is 5.29. The average molecular weight is 481 g/mol. The Morgan fingerprint density at radius 3 is 2.59 bits per heavy atom. The van der Waals surface area contributed by atoms with Crippen molar-refractivity contribution in [1.82, 2.24) is 14.2 Å². The molecule has 3 heterocycles. The molecule has 1 spiro atoms. The van der Waals surface area contributed by atoms with E-state index in [0.29, 0.717) is 5.69 Å². The number of rotatable bonds is 6. The third-order valence-corrected chi connectivity index (χ3v) is 7.47. The van der Waals surface area contributed by atoms with Crippen LogP contribution in [0.2, 0.25) is 0 Å². The fourth-order valence-electron chi connectivity index (χ4n) is 3.76. The molecule has 180 valence electrons. The molecule has 0 saturated carbocycles. The molecule has 0 unspecified atom stereocenters. The summed E-state index contributed by atoms with van der Waals surface area (Å²) in [5.74, 6) is -0.0987. The number of morpholine rings is 1. The normalized spacial score (nSPS) is 20.8. The molecule has 3 rings (SSSR count). The Bertz CT molecular complexity index is 876. The second-order valence-corrected chi connectivity index (χ2v) is 9.92. The minimum atomic E-state index is -4.86. The maximum absolute atomic E-state index is 12.8. The predicted octanol–water partition coefficient (Wildman–Crippen LogP) is 1.18. The van der Waals surface area contributed by atoms with Crippen LogP contribution in [0.3, 0.4) is 0 Å². The summed E-state index contributed by atoms with van der Waals surface area (Å²) in [4.78, 5) is 17.3. The highest BCUT2D eigenvalue weighted by Gasteiger charge is 2.46. The highest BCUT2D eigenvalue weighted by atomic mass is 32.2. The number of pyridine rings is 1. The molecule has 1 aromatic heterocycles. The van der Waals surface area contributed by atoms with Gasteiger partial charge in [0.25, 0.3) is 0 Å². The van der Waals surface area contributed by atoms with E-state index in [0.717, 1.165) is 4.90 Å². The van der Waals surface area contributed by atoms with Crippen LogP contribution in [-0.4, -0.2) is 96.8 Å². The number of ether oxygens (including phenoxy) is 2. The molecule has 2 fully saturated rings. The van der Waals surface area contributed by atoms with Crippen molar-refractivity contribution in [2.24, 2.45) is 0 Å². The summed E-state index contributed by atoms with van der Waals surface area (Å²) < 4.78 is 75.4. The van der Waals surface area contributed by atoms with Crippen molar-refractivity contribution < 1.29 is 41.0 Å². The molecule has 9 nitrogen and oxygen atoms in total. The lowest BCUT2D eigenvalue weighted by molar-refractivity contribution is -0.215. The van der Waals surface area contributed by atoms with Crippen molar-refractivity contribution in [1.29, 1.82) is 0 Å². The van der Waals surface area contributed by atoms with Crippen LogP contribution >= 0.6 is 0 Å². The summed E-state index contributed by atoms with van der Waals surface area (Å²) in [6.07, 6.45) is -6.24. The van der Waals surface area contributed by atoms with Crippen molar-refractivity contribution in [2.75, 3.05) is 45.1 Å². The van der Waals surface area contributed by atoms with E-state index in [1.807, 2.05) is 0 Å². The van der Waals surface area contributed by atoms with Gasteiger partial charge < -0.3 is 19.5 Å². The van der Waals surface area contributed by atoms with Gasteiger partial charge in [0.1, 0.15) is 0 Å². The fraction of sp³-hybridized carbons (Fsp3) is 0.684. The molecule has 0 radical (unpaired) electrons. The van der Waals surface area contributed by atoms with Gasteiger partial charge in [-0.25, -0.2) is 13.2 Å². The number of hydrogen-bond acceptors (Lipinski definition) is 7. The Morgan fingerprint density at radius 2 is 2.00 bits per heavy atom. The van der Waals surface area contributed by atoms with E-state index in [1.165, 1.54) is 4.31 Å². The van der Waals surface area contributed by atoms with Gasteiger partial charge in [0.15, 0.2) is 0 Å². The molecular weight excluding hydrogens is 455 g/mol. The van der Waals surface area contributed by atoms with Crippen LogP contribution in [0.5, 0.6) is 0 Å². The summed E-state index contributed by atoms with van der Waals surface area (Å²) in [5, 5.41) is 8.83. The van der Waals surface area contributed by atoms with Gasteiger partial charge in [-0.1, -0.05) is 6.07 Å². The molecule has 1 amide bonds. The molecule has 32 heavy (non-hydrogen) atoms. The number of nitrogens with zero attached hydrogens (tertiary/aromatic N) is 3. The molecule has 1 atom stereocenters. The standard InChI is InChI=1S/C19H26F3N3O6S/c20-19(21,22)16(13-26)31-17(27)24-8-5-18(6-9-24)14-25(10-11-30-18)32(28,29)12-4-15-3-1-2-7-23-15/h1-3,7,16,26H,4-6,8-14H2/t16-/m1/s1. The molecule has 0 bridgehead atoms. The minimum Gasteiger partial charge on any atom is -0.434 e. The quantitative estimate of drug-likeness (QED) is 0.650. The number of aryl methyl sites for hydroxylation is 1. The molecule has 2 aliphatic rings. The number of likely N-dealkylation sites (tertiary alicyclic amines) is 1. The number of aliphatic hydroxyl groups excluding tert-OH is 1. The van der Waals surface area contributed by atoms with Gasteiger partial charge in [-0.3, -0.25) is 4.98 Å². The van der Waals surface area contributed by atoms with Crippen molar-refractivity contribution in [3.05, 3.63) is 30.1 Å². The smallest absolute Gasteiger partial charge is 0.427 e. The maximum atomic E-state index is 12.8. The van der Waals surface area contributed by atoms with E-state index in [9.17, 15) is 26.4 Å². The van der Waals surface area contributed by atoms with E-state index in [-0.39, 0.29) is 57.8 Å². The maximum Gasteiger partial charge on any atom is 0.427 e. The van der Waals surface area contributed by atoms with Gasteiger partial charge in [0, 0.05) is 44.5 Å². The molecule has 0 aliphatic carbocycles. The van der Waals surface area contributed by atoms with Gasteiger partial charge in [-0.15, -0.1) is 0 Å². The molecule has 13 heteroatoms. The number of aliphatic hydroxyl groups is 1. The van der Waals surface area contributed by atoms with E-state index < -0.39 is 40.6 Å². The van der Waals surface area contributed by atoms with E-state index in [1.54, 1.807) is 24.4 Å². The SMILES string of the molecule is O=C(O[C@H](CO)C(F)(F)F)N1CCC2(CC1)CN(S(=O)(=O)CCc1ccccn1)CCO2. The zero-order valence-electron chi connectivity index (χ0n) is 17.3. The number of alkyl halides is 3. The first-order valence-corrected chi connectivity index (χ1v) is 11.8. The zero-order chi connectivity index (χ0) is 23.4. The number of hydrogen-bond donors (Lipinski definition) is 1. The highest BCUT2D eigenvalue weighted by Crippen LogP contribution is 2.32. The third kappa shape index (κ3) is 6.09. The van der Waals surface area contributed by atoms with Crippen molar-refractivity contribution in [3.63, 3.8) is 0 Å². The number of carbonyl (C=O) groups is 1. The van der Waals surface area contributed by atoms with E-state index in [2.05, 4.69) is 9.72 Å². The van der Waals surface area contributed by atoms with Crippen molar-refractivity contribution in [2.45, 2.75) is 37.1 Å². The molecule has 2 saturated heterocycles. The first kappa shape index (κ1) is 24.7. The summed E-state index contributed by atoms with van der Waals surface area (Å²) in [6.45, 7) is -0.743. The van der Waals surface area contributed by atoms with Crippen LogP contribution < -0.4 is 0 Å². The molecule has 0 aromatic carbocycles. The number of carbonyl (C=O) groups excluding carboxylic acids is 1. The lowest BCUT2D eigenvalue weighted by atomic mass is 9.90. The molecule has 1 N–H and O–H groups in total. The van der Waals surface area contributed by atoms with Crippen LogP contribution in [0.15, 0.2) is 24.4 Å². The first-order valence-electron chi connectivity index (χ1n) is 10.2. The van der Waals surface area contributed by atoms with E-state index in [4.69, 9.17) is 9.84 Å².